The van der Waals surface area contributed by atoms with Crippen molar-refractivity contribution in [3.05, 3.63) is 54.7 Å². The Balaban J connectivity index is 1.72. The van der Waals surface area contributed by atoms with Gasteiger partial charge in [-0.1, -0.05) is 24.3 Å². The first kappa shape index (κ1) is 14.9. The summed E-state index contributed by atoms with van der Waals surface area (Å²) in [5, 5.41) is 12.3. The van der Waals surface area contributed by atoms with E-state index in [9.17, 15) is 5.11 Å². The molecule has 3 fully saturated rings. The number of hydrogen-bond donors (Lipinski definition) is 1. The van der Waals surface area contributed by atoms with Gasteiger partial charge in [-0.15, -0.1) is 6.58 Å². The van der Waals surface area contributed by atoms with Crippen LogP contribution in [0.1, 0.15) is 24.5 Å². The monoisotopic (exact) mass is 309 g/mol. The number of benzene rings is 1. The van der Waals surface area contributed by atoms with E-state index in [1.54, 1.807) is 0 Å². The van der Waals surface area contributed by atoms with Crippen molar-refractivity contribution in [3.8, 4) is 0 Å². The normalized spacial score (nSPS) is 34.4. The van der Waals surface area contributed by atoms with E-state index in [1.807, 2.05) is 30.5 Å². The molecule has 0 aliphatic carbocycles. The van der Waals surface area contributed by atoms with E-state index in [4.69, 9.17) is 0 Å². The van der Waals surface area contributed by atoms with Crippen LogP contribution < -0.4 is 0 Å². The molecule has 3 nitrogen and oxygen atoms in total. The molecule has 3 saturated heterocycles. The summed E-state index contributed by atoms with van der Waals surface area (Å²) in [7, 11) is 2.31. The molecule has 5 rings (SSSR count). The number of aromatic nitrogens is 1. The lowest BCUT2D eigenvalue weighted by Crippen LogP contribution is -2.66. The summed E-state index contributed by atoms with van der Waals surface area (Å²) < 4.78 is 0.963. The van der Waals surface area contributed by atoms with E-state index >= 15 is 0 Å². The number of piperidine rings is 3. The first-order valence-electron chi connectivity index (χ1n) is 8.61. The van der Waals surface area contributed by atoms with E-state index in [-0.39, 0.29) is 6.04 Å². The van der Waals surface area contributed by atoms with Gasteiger partial charge in [-0.05, 0) is 23.6 Å². The summed E-state index contributed by atoms with van der Waals surface area (Å²) in [6.07, 6.45) is 5.87. The summed E-state index contributed by atoms with van der Waals surface area (Å²) in [4.78, 5) is 4.43. The zero-order valence-electron chi connectivity index (χ0n) is 13.7. The van der Waals surface area contributed by atoms with Crippen LogP contribution in [0.15, 0.2) is 49.2 Å². The Morgan fingerprint density at radius 2 is 2.17 bits per heavy atom. The van der Waals surface area contributed by atoms with Crippen molar-refractivity contribution < 1.29 is 9.59 Å². The number of likely N-dealkylation sites (N-methyl/N-ethyl adjacent to an activating group) is 1. The maximum Gasteiger partial charge on any atom is 0.131 e. The molecule has 3 heteroatoms. The molecule has 0 unspecified atom stereocenters. The molecule has 0 amide bonds. The SMILES string of the molecule is C=C[C@H]1C[N@+]2(C)CC[C@H]1C[C@@H]2[C@H](O)c1ccnc2ccccc12. The molecule has 1 N–H and O–H groups in total. The first-order chi connectivity index (χ1) is 11.1. The van der Waals surface area contributed by atoms with Gasteiger partial charge in [0.15, 0.2) is 0 Å². The van der Waals surface area contributed by atoms with Gasteiger partial charge in [-0.2, -0.15) is 0 Å². The predicted octanol–water partition coefficient (Wildman–Crippen LogP) is 3.31. The van der Waals surface area contributed by atoms with Crippen molar-refractivity contribution in [2.75, 3.05) is 20.1 Å². The molecule has 5 atom stereocenters. The Kier molecular flexibility index (Phi) is 3.51. The molecule has 4 heterocycles. The third-order valence-electron chi connectivity index (χ3n) is 6.26. The van der Waals surface area contributed by atoms with Crippen LogP contribution in [0, 0.1) is 11.8 Å². The lowest BCUT2D eigenvalue weighted by molar-refractivity contribution is -0.956. The second-order valence-corrected chi connectivity index (χ2v) is 7.50. The molecule has 1 aromatic heterocycles. The number of nitrogens with zero attached hydrogens (tertiary/aromatic N) is 2. The number of aliphatic hydroxyl groups excluding tert-OH is 1. The highest BCUT2D eigenvalue weighted by molar-refractivity contribution is 5.82. The van der Waals surface area contributed by atoms with Crippen LogP contribution in [-0.2, 0) is 0 Å². The van der Waals surface area contributed by atoms with Crippen molar-refractivity contribution >= 4 is 10.9 Å². The van der Waals surface area contributed by atoms with Gasteiger partial charge in [0.05, 0.1) is 25.7 Å². The first-order valence-corrected chi connectivity index (χ1v) is 8.61. The fourth-order valence-electron chi connectivity index (χ4n) is 4.88. The molecule has 3 aliphatic rings. The molecule has 1 aromatic carbocycles. The molecular weight excluding hydrogens is 284 g/mol. The smallest absolute Gasteiger partial charge is 0.131 e. The van der Waals surface area contributed by atoms with Crippen molar-refractivity contribution in [1.29, 1.82) is 0 Å². The summed E-state index contributed by atoms with van der Waals surface area (Å²) in [5.74, 6) is 1.28. The van der Waals surface area contributed by atoms with E-state index in [2.05, 4.69) is 30.8 Å². The second-order valence-electron chi connectivity index (χ2n) is 7.50. The van der Waals surface area contributed by atoms with E-state index < -0.39 is 6.10 Å². The van der Waals surface area contributed by atoms with Gasteiger partial charge in [0.25, 0.3) is 0 Å². The van der Waals surface area contributed by atoms with E-state index in [1.165, 1.54) is 13.0 Å². The Morgan fingerprint density at radius 1 is 1.35 bits per heavy atom. The fourth-order valence-corrected chi connectivity index (χ4v) is 4.88. The third-order valence-corrected chi connectivity index (χ3v) is 6.26. The second kappa shape index (κ2) is 5.43. The van der Waals surface area contributed by atoms with Crippen molar-refractivity contribution in [2.45, 2.75) is 25.0 Å². The minimum atomic E-state index is -0.429. The number of rotatable bonds is 3. The number of fused-ring (bicyclic) bond motifs is 4. The fraction of sp³-hybridized carbons (Fsp3) is 0.450. The van der Waals surface area contributed by atoms with Gasteiger partial charge in [0.2, 0.25) is 0 Å². The third kappa shape index (κ3) is 2.30. The Morgan fingerprint density at radius 3 is 2.96 bits per heavy atom. The van der Waals surface area contributed by atoms with Crippen LogP contribution >= 0.6 is 0 Å². The van der Waals surface area contributed by atoms with Crippen molar-refractivity contribution in [2.24, 2.45) is 11.8 Å². The predicted molar refractivity (Wildman–Crippen MR) is 92.8 cm³/mol. The van der Waals surface area contributed by atoms with E-state index in [0.717, 1.165) is 33.9 Å². The molecular formula is C20H25N2O+. The summed E-state index contributed by atoms with van der Waals surface area (Å²) in [6.45, 7) is 6.30. The van der Waals surface area contributed by atoms with Crippen LogP contribution in [-0.4, -0.2) is 40.8 Å². The highest BCUT2D eigenvalue weighted by atomic mass is 16.3. The standard InChI is InChI=1S/C20H25N2O/c1-3-14-13-22(2)11-9-15(14)12-19(22)20(23)17-8-10-21-18-7-5-4-6-16(17)18/h3-8,10,14-15,19-20,23H,1,9,11-13H2,2H3/q+1/t14-,15-,19+,20+,22-/m0/s1. The van der Waals surface area contributed by atoms with Gasteiger partial charge in [0.1, 0.15) is 12.1 Å². The highest BCUT2D eigenvalue weighted by Gasteiger charge is 2.51. The minimum absolute atomic E-state index is 0.274. The quantitative estimate of drug-likeness (QED) is 0.697. The van der Waals surface area contributed by atoms with Gasteiger partial charge in [0, 0.05) is 30.3 Å². The van der Waals surface area contributed by atoms with Gasteiger partial charge < -0.3 is 9.59 Å². The topological polar surface area (TPSA) is 33.1 Å². The summed E-state index contributed by atoms with van der Waals surface area (Å²) in [6, 6.07) is 10.4. The van der Waals surface area contributed by atoms with Gasteiger partial charge >= 0.3 is 0 Å². The zero-order valence-corrected chi connectivity index (χ0v) is 13.7. The van der Waals surface area contributed by atoms with Gasteiger partial charge in [-0.25, -0.2) is 0 Å². The molecule has 0 saturated carbocycles. The minimum Gasteiger partial charge on any atom is -0.382 e. The molecule has 120 valence electrons. The Labute approximate surface area is 137 Å². The maximum absolute atomic E-state index is 11.2. The number of para-hydroxylation sites is 1. The highest BCUT2D eigenvalue weighted by Crippen LogP contribution is 2.45. The van der Waals surface area contributed by atoms with Crippen LogP contribution in [0.4, 0.5) is 0 Å². The summed E-state index contributed by atoms with van der Waals surface area (Å²) in [5.41, 5.74) is 1.99. The molecule has 2 bridgehead atoms. The van der Waals surface area contributed by atoms with Crippen molar-refractivity contribution in [1.82, 2.24) is 4.98 Å². The largest absolute Gasteiger partial charge is 0.382 e. The number of aliphatic hydroxyl groups is 1. The Bertz CT molecular complexity index is 738. The summed E-state index contributed by atoms with van der Waals surface area (Å²) >= 11 is 0. The average molecular weight is 309 g/mol. The lowest BCUT2D eigenvalue weighted by atomic mass is 9.72. The number of pyridine rings is 1. The number of hydrogen-bond acceptors (Lipinski definition) is 2. The zero-order chi connectivity index (χ0) is 16.0. The Hall–Kier alpha value is -1.71. The molecule has 23 heavy (non-hydrogen) atoms. The molecule has 0 radical (unpaired) electrons. The molecule has 3 aliphatic heterocycles. The maximum atomic E-state index is 11.2. The average Bonchev–Trinajstić information content (AvgIpc) is 2.60. The molecule has 2 aromatic rings. The van der Waals surface area contributed by atoms with Crippen LogP contribution in [0.25, 0.3) is 10.9 Å². The number of quaternary nitrogens is 1. The van der Waals surface area contributed by atoms with Gasteiger partial charge in [-0.3, -0.25) is 4.98 Å². The van der Waals surface area contributed by atoms with Crippen molar-refractivity contribution in [3.63, 3.8) is 0 Å². The van der Waals surface area contributed by atoms with Crippen LogP contribution in [0.2, 0.25) is 0 Å². The molecule has 0 spiro atoms. The lowest BCUT2D eigenvalue weighted by Gasteiger charge is -2.56. The van der Waals surface area contributed by atoms with E-state index in [0.29, 0.717) is 11.8 Å². The van der Waals surface area contributed by atoms with Crippen LogP contribution in [0.5, 0.6) is 0 Å². The van der Waals surface area contributed by atoms with Crippen LogP contribution in [0.3, 0.4) is 0 Å².